The molecule has 0 unspecified atom stereocenters. The van der Waals surface area contributed by atoms with Crippen molar-refractivity contribution in [3.63, 3.8) is 0 Å². The van der Waals surface area contributed by atoms with Crippen molar-refractivity contribution in [3.8, 4) is 22.6 Å². The lowest BCUT2D eigenvalue weighted by molar-refractivity contribution is 0.497. The summed E-state index contributed by atoms with van der Waals surface area (Å²) in [5, 5.41) is 4.49. The molecule has 0 N–H and O–H groups in total. The maximum absolute atomic E-state index is 4.78. The van der Waals surface area contributed by atoms with Crippen LogP contribution in [0.2, 0.25) is 0 Å². The molecule has 0 saturated heterocycles. The van der Waals surface area contributed by atoms with Crippen molar-refractivity contribution >= 4 is 0 Å². The molecule has 5 nitrogen and oxygen atoms in total. The molecule has 26 heavy (non-hydrogen) atoms. The van der Waals surface area contributed by atoms with Crippen LogP contribution >= 0.6 is 0 Å². The van der Waals surface area contributed by atoms with Crippen LogP contribution in [0.5, 0.6) is 0 Å². The second-order valence-electron chi connectivity index (χ2n) is 8.76. The Hall–Kier alpha value is -2.56. The van der Waals surface area contributed by atoms with Crippen molar-refractivity contribution < 1.29 is 0 Å². The Morgan fingerprint density at radius 2 is 1.35 bits per heavy atom. The van der Waals surface area contributed by atoms with Gasteiger partial charge in [0.25, 0.3) is 0 Å². The summed E-state index contributed by atoms with van der Waals surface area (Å²) >= 11 is 0. The quantitative estimate of drug-likeness (QED) is 0.682. The molecule has 0 atom stereocenters. The van der Waals surface area contributed by atoms with E-state index in [4.69, 9.17) is 15.0 Å². The predicted molar refractivity (Wildman–Crippen MR) is 105 cm³/mol. The summed E-state index contributed by atoms with van der Waals surface area (Å²) < 4.78 is 1.81. The molecule has 5 heteroatoms. The van der Waals surface area contributed by atoms with Crippen LogP contribution in [0, 0.1) is 0 Å². The number of aryl methyl sites for hydroxylation is 1. The van der Waals surface area contributed by atoms with Crippen molar-refractivity contribution in [2.45, 2.75) is 52.4 Å². The van der Waals surface area contributed by atoms with Crippen LogP contribution in [0.3, 0.4) is 0 Å². The summed E-state index contributed by atoms with van der Waals surface area (Å²) in [4.78, 5) is 14.3. The molecule has 0 aliphatic rings. The Morgan fingerprint density at radius 1 is 0.769 bits per heavy atom. The van der Waals surface area contributed by atoms with Crippen molar-refractivity contribution in [3.05, 3.63) is 48.2 Å². The van der Waals surface area contributed by atoms with Gasteiger partial charge in [0, 0.05) is 35.2 Å². The first-order valence-corrected chi connectivity index (χ1v) is 8.91. The Labute approximate surface area is 155 Å². The van der Waals surface area contributed by atoms with E-state index in [1.165, 1.54) is 0 Å². The molecule has 2 aromatic heterocycles. The van der Waals surface area contributed by atoms with Crippen molar-refractivity contribution in [2.75, 3.05) is 0 Å². The van der Waals surface area contributed by atoms with Crippen molar-refractivity contribution in [2.24, 2.45) is 7.05 Å². The second kappa shape index (κ2) is 6.31. The minimum Gasteiger partial charge on any atom is -0.275 e. The molecule has 0 fully saturated rings. The van der Waals surface area contributed by atoms with E-state index < -0.39 is 0 Å². The lowest BCUT2D eigenvalue weighted by Crippen LogP contribution is -2.24. The lowest BCUT2D eigenvalue weighted by atomic mass is 9.93. The Bertz CT molecular complexity index is 894. The second-order valence-corrected chi connectivity index (χ2v) is 8.76. The van der Waals surface area contributed by atoms with Gasteiger partial charge in [-0.25, -0.2) is 15.0 Å². The van der Waals surface area contributed by atoms with E-state index in [1.54, 1.807) is 4.68 Å². The van der Waals surface area contributed by atoms with Crippen LogP contribution in [-0.2, 0) is 17.9 Å². The highest BCUT2D eigenvalue weighted by Crippen LogP contribution is 2.28. The van der Waals surface area contributed by atoms with Crippen LogP contribution in [0.25, 0.3) is 22.6 Å². The first-order valence-electron chi connectivity index (χ1n) is 8.91. The summed E-state index contributed by atoms with van der Waals surface area (Å²) in [6, 6.07) is 10.2. The third-order valence-electron chi connectivity index (χ3n) is 4.11. The van der Waals surface area contributed by atoms with Gasteiger partial charge in [-0.15, -0.1) is 0 Å². The fraction of sp³-hybridized carbons (Fsp3) is 0.429. The van der Waals surface area contributed by atoms with Gasteiger partial charge in [-0.05, 0) is 12.1 Å². The standard InChI is InChI=1S/C21H27N5/c1-20(2,3)18-22-17(23-19(24-18)21(4,5)6)15-10-8-9-14(13-15)16-11-12-26(7)25-16/h8-13H,1-7H3. The zero-order valence-corrected chi connectivity index (χ0v) is 16.7. The third-order valence-corrected chi connectivity index (χ3v) is 4.11. The number of rotatable bonds is 2. The van der Waals surface area contributed by atoms with Crippen LogP contribution in [0.1, 0.15) is 53.2 Å². The van der Waals surface area contributed by atoms with E-state index in [2.05, 4.69) is 58.8 Å². The fourth-order valence-electron chi connectivity index (χ4n) is 2.56. The normalized spacial score (nSPS) is 12.4. The van der Waals surface area contributed by atoms with Crippen LogP contribution in [-0.4, -0.2) is 24.7 Å². The Kier molecular flexibility index (Phi) is 4.42. The molecule has 2 heterocycles. The van der Waals surface area contributed by atoms with Gasteiger partial charge < -0.3 is 0 Å². The van der Waals surface area contributed by atoms with Gasteiger partial charge >= 0.3 is 0 Å². The number of hydrogen-bond acceptors (Lipinski definition) is 4. The minimum atomic E-state index is -0.143. The van der Waals surface area contributed by atoms with Crippen molar-refractivity contribution in [1.82, 2.24) is 24.7 Å². The molecule has 1 aromatic carbocycles. The first-order chi connectivity index (χ1) is 12.0. The van der Waals surface area contributed by atoms with Crippen molar-refractivity contribution in [1.29, 1.82) is 0 Å². The smallest absolute Gasteiger partial charge is 0.163 e. The molecule has 0 saturated carbocycles. The maximum Gasteiger partial charge on any atom is 0.163 e. The summed E-state index contributed by atoms with van der Waals surface area (Å²) in [5.74, 6) is 2.35. The highest BCUT2D eigenvalue weighted by molar-refractivity contribution is 5.67. The maximum atomic E-state index is 4.78. The topological polar surface area (TPSA) is 56.5 Å². The average molecular weight is 349 g/mol. The molecule has 0 amide bonds. The molecule has 0 aliphatic heterocycles. The van der Waals surface area contributed by atoms with Gasteiger partial charge in [-0.2, -0.15) is 5.10 Å². The molecular weight excluding hydrogens is 322 g/mol. The number of hydrogen-bond donors (Lipinski definition) is 0. The number of nitrogens with zero attached hydrogens (tertiary/aromatic N) is 5. The zero-order valence-electron chi connectivity index (χ0n) is 16.7. The van der Waals surface area contributed by atoms with Crippen LogP contribution < -0.4 is 0 Å². The molecular formula is C21H27N5. The van der Waals surface area contributed by atoms with E-state index in [0.29, 0.717) is 5.82 Å². The number of benzene rings is 1. The predicted octanol–water partition coefficient (Wildman–Crippen LogP) is 4.53. The summed E-state index contributed by atoms with van der Waals surface area (Å²) in [6.07, 6.45) is 1.94. The summed E-state index contributed by atoms with van der Waals surface area (Å²) in [5.41, 5.74) is 2.69. The molecule has 0 spiro atoms. The average Bonchev–Trinajstić information content (AvgIpc) is 2.99. The van der Waals surface area contributed by atoms with Crippen LogP contribution in [0.15, 0.2) is 36.5 Å². The van der Waals surface area contributed by atoms with E-state index in [-0.39, 0.29) is 10.8 Å². The van der Waals surface area contributed by atoms with Gasteiger partial charge in [-0.1, -0.05) is 59.7 Å². The summed E-state index contributed by atoms with van der Waals surface area (Å²) in [6.45, 7) is 12.8. The lowest BCUT2D eigenvalue weighted by Gasteiger charge is -2.22. The molecule has 0 aliphatic carbocycles. The molecule has 136 valence electrons. The minimum absolute atomic E-state index is 0.143. The molecule has 3 rings (SSSR count). The van der Waals surface area contributed by atoms with Gasteiger partial charge in [0.15, 0.2) is 5.82 Å². The van der Waals surface area contributed by atoms with Gasteiger partial charge in [-0.3, -0.25) is 4.68 Å². The van der Waals surface area contributed by atoms with E-state index in [1.807, 2.05) is 31.4 Å². The molecule has 0 radical (unpaired) electrons. The third kappa shape index (κ3) is 3.82. The Morgan fingerprint density at radius 3 is 1.85 bits per heavy atom. The Balaban J connectivity index is 2.14. The fourth-order valence-corrected chi connectivity index (χ4v) is 2.56. The largest absolute Gasteiger partial charge is 0.275 e. The monoisotopic (exact) mass is 349 g/mol. The highest BCUT2D eigenvalue weighted by Gasteiger charge is 2.25. The number of aromatic nitrogens is 5. The van der Waals surface area contributed by atoms with Crippen LogP contribution in [0.4, 0.5) is 0 Å². The SMILES string of the molecule is Cn1ccc(-c2cccc(-c3nc(C(C)(C)C)nc(C(C)(C)C)n3)c2)n1. The van der Waals surface area contributed by atoms with Gasteiger partial charge in [0.2, 0.25) is 0 Å². The van der Waals surface area contributed by atoms with Gasteiger partial charge in [0.05, 0.1) is 5.69 Å². The van der Waals surface area contributed by atoms with E-state index in [0.717, 1.165) is 28.5 Å². The van der Waals surface area contributed by atoms with E-state index in [9.17, 15) is 0 Å². The zero-order chi connectivity index (χ0) is 19.1. The molecule has 3 aromatic rings. The summed E-state index contributed by atoms with van der Waals surface area (Å²) in [7, 11) is 1.92. The van der Waals surface area contributed by atoms with Gasteiger partial charge in [0.1, 0.15) is 11.6 Å². The first kappa shape index (κ1) is 18.2. The van der Waals surface area contributed by atoms with E-state index >= 15 is 0 Å². The molecule has 0 bridgehead atoms. The highest BCUT2D eigenvalue weighted by atomic mass is 15.2.